The summed E-state index contributed by atoms with van der Waals surface area (Å²) in [6.45, 7) is 0. The fraction of sp³-hybridized carbons (Fsp3) is 0.118. The molecule has 2 N–H and O–H groups in total. The molecule has 0 saturated carbocycles. The molecule has 0 fully saturated rings. The van der Waals surface area contributed by atoms with Gasteiger partial charge >= 0.3 is 0 Å². The van der Waals surface area contributed by atoms with Crippen molar-refractivity contribution in [1.29, 1.82) is 0 Å². The molecule has 1 heterocycles. The van der Waals surface area contributed by atoms with Crippen molar-refractivity contribution in [3.05, 3.63) is 59.9 Å². The van der Waals surface area contributed by atoms with Crippen LogP contribution in [0.5, 0.6) is 0 Å². The Morgan fingerprint density at radius 3 is 2.80 bits per heavy atom. The zero-order valence-electron chi connectivity index (χ0n) is 11.3. The van der Waals surface area contributed by atoms with Gasteiger partial charge in [0.05, 0.1) is 17.5 Å². The molecule has 0 bridgehead atoms. The number of imidazole rings is 1. The number of rotatable bonds is 1. The van der Waals surface area contributed by atoms with E-state index >= 15 is 0 Å². The van der Waals surface area contributed by atoms with Crippen molar-refractivity contribution in [2.24, 2.45) is 7.05 Å². The smallest absolute Gasteiger partial charge is 0.121 e. The summed E-state index contributed by atoms with van der Waals surface area (Å²) in [5.74, 6) is 7.25. The molecule has 0 aliphatic carbocycles. The van der Waals surface area contributed by atoms with Gasteiger partial charge in [0, 0.05) is 18.3 Å². The van der Waals surface area contributed by atoms with Crippen LogP contribution in [-0.2, 0) is 13.5 Å². The van der Waals surface area contributed by atoms with Crippen molar-refractivity contribution in [3.8, 4) is 11.8 Å². The van der Waals surface area contributed by atoms with E-state index in [2.05, 4.69) is 27.5 Å². The summed E-state index contributed by atoms with van der Waals surface area (Å²) in [6, 6.07) is 15.7. The van der Waals surface area contributed by atoms with Crippen LogP contribution in [-0.4, -0.2) is 9.55 Å². The van der Waals surface area contributed by atoms with Crippen LogP contribution in [0.1, 0.15) is 11.4 Å². The number of nitrogen functional groups attached to an aromatic ring is 1. The summed E-state index contributed by atoms with van der Waals surface area (Å²) in [7, 11) is 2.02. The first-order valence-electron chi connectivity index (χ1n) is 6.49. The number of hydrogen-bond donors (Lipinski definition) is 1. The Hall–Kier alpha value is -2.73. The normalized spacial score (nSPS) is 10.2. The number of anilines is 1. The van der Waals surface area contributed by atoms with E-state index < -0.39 is 0 Å². The van der Waals surface area contributed by atoms with E-state index in [0.717, 1.165) is 28.1 Å². The minimum Gasteiger partial charge on any atom is -0.399 e. The highest BCUT2D eigenvalue weighted by molar-refractivity contribution is 5.75. The quantitative estimate of drug-likeness (QED) is 0.540. The molecule has 0 saturated heterocycles. The van der Waals surface area contributed by atoms with Gasteiger partial charge in [0.15, 0.2) is 0 Å². The van der Waals surface area contributed by atoms with Crippen LogP contribution in [0.2, 0.25) is 0 Å². The summed E-state index contributed by atoms with van der Waals surface area (Å²) >= 11 is 0. The highest BCUT2D eigenvalue weighted by atomic mass is 15.1. The predicted octanol–water partition coefficient (Wildman–Crippen LogP) is 2.75. The maximum atomic E-state index is 5.73. The van der Waals surface area contributed by atoms with Gasteiger partial charge in [-0.1, -0.05) is 30.0 Å². The Morgan fingerprint density at radius 2 is 2.00 bits per heavy atom. The van der Waals surface area contributed by atoms with Gasteiger partial charge < -0.3 is 10.3 Å². The summed E-state index contributed by atoms with van der Waals surface area (Å²) in [5, 5.41) is 0. The van der Waals surface area contributed by atoms with Crippen LogP contribution in [0, 0.1) is 11.8 Å². The number of nitrogens with two attached hydrogens (primary N) is 1. The molecule has 3 nitrogen and oxygen atoms in total. The number of aryl methyl sites for hydroxylation is 1. The molecule has 20 heavy (non-hydrogen) atoms. The second-order valence-electron chi connectivity index (χ2n) is 4.68. The van der Waals surface area contributed by atoms with E-state index in [4.69, 9.17) is 5.73 Å². The molecule has 2 aromatic carbocycles. The zero-order chi connectivity index (χ0) is 13.9. The minimum absolute atomic E-state index is 0.625. The van der Waals surface area contributed by atoms with Crippen molar-refractivity contribution in [2.75, 3.05) is 5.73 Å². The third-order valence-electron chi connectivity index (χ3n) is 3.25. The number of aromatic nitrogens is 2. The summed E-state index contributed by atoms with van der Waals surface area (Å²) in [5.41, 5.74) is 9.54. The lowest BCUT2D eigenvalue weighted by molar-refractivity contribution is 0.861. The van der Waals surface area contributed by atoms with Gasteiger partial charge in [0.1, 0.15) is 5.82 Å². The number of para-hydroxylation sites is 2. The largest absolute Gasteiger partial charge is 0.399 e. The topological polar surface area (TPSA) is 43.8 Å². The van der Waals surface area contributed by atoms with Gasteiger partial charge in [-0.05, 0) is 30.3 Å². The lowest BCUT2D eigenvalue weighted by atomic mass is 10.2. The average Bonchev–Trinajstić information content (AvgIpc) is 2.76. The van der Waals surface area contributed by atoms with Crippen LogP contribution in [0.15, 0.2) is 48.5 Å². The molecule has 3 rings (SSSR count). The van der Waals surface area contributed by atoms with Crippen molar-refractivity contribution >= 4 is 16.7 Å². The van der Waals surface area contributed by atoms with Gasteiger partial charge in [0.25, 0.3) is 0 Å². The Labute approximate surface area is 118 Å². The Bertz CT molecular complexity index is 819. The molecule has 0 spiro atoms. The van der Waals surface area contributed by atoms with Gasteiger partial charge in [-0.3, -0.25) is 0 Å². The molecule has 98 valence electrons. The molecule has 0 amide bonds. The predicted molar refractivity (Wildman–Crippen MR) is 82.2 cm³/mol. The number of fused-ring (bicyclic) bond motifs is 1. The molecule has 1 aromatic heterocycles. The van der Waals surface area contributed by atoms with Crippen LogP contribution in [0.3, 0.4) is 0 Å². The fourth-order valence-corrected chi connectivity index (χ4v) is 2.20. The van der Waals surface area contributed by atoms with E-state index in [1.54, 1.807) is 0 Å². The molecule has 3 aromatic rings. The Kier molecular flexibility index (Phi) is 3.14. The molecular weight excluding hydrogens is 246 g/mol. The molecule has 0 unspecified atom stereocenters. The van der Waals surface area contributed by atoms with Crippen LogP contribution in [0.25, 0.3) is 11.0 Å². The first-order valence-corrected chi connectivity index (χ1v) is 6.49. The van der Waals surface area contributed by atoms with E-state index in [1.165, 1.54) is 0 Å². The van der Waals surface area contributed by atoms with Gasteiger partial charge in [-0.15, -0.1) is 0 Å². The average molecular weight is 261 g/mol. The van der Waals surface area contributed by atoms with Crippen molar-refractivity contribution in [2.45, 2.75) is 6.42 Å². The van der Waals surface area contributed by atoms with Crippen molar-refractivity contribution in [3.63, 3.8) is 0 Å². The number of benzene rings is 2. The van der Waals surface area contributed by atoms with E-state index in [-0.39, 0.29) is 0 Å². The molecule has 3 heteroatoms. The first-order chi connectivity index (χ1) is 9.74. The molecule has 0 aliphatic rings. The second kappa shape index (κ2) is 5.10. The third-order valence-corrected chi connectivity index (χ3v) is 3.25. The highest BCUT2D eigenvalue weighted by Gasteiger charge is 2.04. The number of nitrogens with zero attached hydrogens (tertiary/aromatic N) is 2. The second-order valence-corrected chi connectivity index (χ2v) is 4.68. The highest BCUT2D eigenvalue weighted by Crippen LogP contribution is 2.14. The monoisotopic (exact) mass is 261 g/mol. The van der Waals surface area contributed by atoms with Crippen LogP contribution in [0.4, 0.5) is 5.69 Å². The Balaban J connectivity index is 1.86. The first kappa shape index (κ1) is 12.3. The van der Waals surface area contributed by atoms with Crippen molar-refractivity contribution in [1.82, 2.24) is 9.55 Å². The Morgan fingerprint density at radius 1 is 1.15 bits per heavy atom. The van der Waals surface area contributed by atoms with E-state index in [9.17, 15) is 0 Å². The molecule has 0 aliphatic heterocycles. The zero-order valence-corrected chi connectivity index (χ0v) is 11.3. The summed E-state index contributed by atoms with van der Waals surface area (Å²) in [6.07, 6.45) is 0.625. The maximum absolute atomic E-state index is 5.73. The lowest BCUT2D eigenvalue weighted by Crippen LogP contribution is -1.96. The maximum Gasteiger partial charge on any atom is 0.121 e. The molecule has 0 atom stereocenters. The SMILES string of the molecule is Cn1c(CC#Cc2cccc(N)c2)nc2ccccc21. The lowest BCUT2D eigenvalue weighted by Gasteiger charge is -1.97. The third kappa shape index (κ3) is 2.36. The van der Waals surface area contributed by atoms with Crippen LogP contribution >= 0.6 is 0 Å². The van der Waals surface area contributed by atoms with Crippen LogP contribution < -0.4 is 5.73 Å². The van der Waals surface area contributed by atoms with E-state index in [1.807, 2.05) is 49.5 Å². The van der Waals surface area contributed by atoms with Crippen molar-refractivity contribution < 1.29 is 0 Å². The molecular formula is C17H15N3. The molecule has 0 radical (unpaired) electrons. The van der Waals surface area contributed by atoms with Gasteiger partial charge in [0.2, 0.25) is 0 Å². The van der Waals surface area contributed by atoms with Gasteiger partial charge in [-0.2, -0.15) is 0 Å². The summed E-state index contributed by atoms with van der Waals surface area (Å²) < 4.78 is 2.09. The number of hydrogen-bond acceptors (Lipinski definition) is 2. The fourth-order valence-electron chi connectivity index (χ4n) is 2.20. The summed E-state index contributed by atoms with van der Waals surface area (Å²) in [4.78, 5) is 4.60. The minimum atomic E-state index is 0.625. The van der Waals surface area contributed by atoms with E-state index in [0.29, 0.717) is 6.42 Å². The van der Waals surface area contributed by atoms with Gasteiger partial charge in [-0.25, -0.2) is 4.98 Å². The standard InChI is InChI=1S/C17H15N3/c1-20-16-10-3-2-9-15(16)19-17(20)11-5-7-13-6-4-8-14(18)12-13/h2-4,6,8-10,12H,11,18H2,1H3.